The lowest BCUT2D eigenvalue weighted by Gasteiger charge is -2.29. The lowest BCUT2D eigenvalue weighted by Crippen LogP contribution is -2.39. The van der Waals surface area contributed by atoms with Crippen LogP contribution in [0.2, 0.25) is 0 Å². The van der Waals surface area contributed by atoms with Gasteiger partial charge in [-0.25, -0.2) is 0 Å². The minimum atomic E-state index is -0.405. The molecule has 1 unspecified atom stereocenters. The van der Waals surface area contributed by atoms with E-state index in [1.165, 1.54) is 0 Å². The van der Waals surface area contributed by atoms with E-state index in [0.29, 0.717) is 0 Å². The average molecular weight is 245 g/mol. The number of rotatable bonds is 3. The van der Waals surface area contributed by atoms with Gasteiger partial charge in [-0.15, -0.1) is 0 Å². The zero-order chi connectivity index (χ0) is 13.3. The molecule has 1 aliphatic heterocycles. The first kappa shape index (κ1) is 12.6. The number of benzene rings is 1. The van der Waals surface area contributed by atoms with Gasteiger partial charge >= 0.3 is 0 Å². The highest BCUT2D eigenvalue weighted by Crippen LogP contribution is 2.28. The molecule has 2 rings (SSSR count). The van der Waals surface area contributed by atoms with E-state index in [2.05, 4.69) is 4.99 Å². The molecular weight excluding hydrogens is 226 g/mol. The molecule has 1 heterocycles. The maximum absolute atomic E-state index is 11.9. The molecule has 0 radical (unpaired) electrons. The topological polar surface area (TPSA) is 58.7 Å². The third kappa shape index (κ3) is 2.10. The molecular formula is C14H19N3O. The maximum atomic E-state index is 11.9. The van der Waals surface area contributed by atoms with Crippen molar-refractivity contribution in [3.63, 3.8) is 0 Å². The molecule has 1 aliphatic rings. The molecule has 4 nitrogen and oxygen atoms in total. The summed E-state index contributed by atoms with van der Waals surface area (Å²) >= 11 is 0. The van der Waals surface area contributed by atoms with E-state index in [4.69, 9.17) is 5.73 Å². The number of primary amides is 1. The minimum Gasteiger partial charge on any atom is -0.368 e. The summed E-state index contributed by atoms with van der Waals surface area (Å²) in [4.78, 5) is 18.2. The first-order valence-corrected chi connectivity index (χ1v) is 6.15. The number of nitrogens with zero attached hydrogens (tertiary/aromatic N) is 2. The summed E-state index contributed by atoms with van der Waals surface area (Å²) in [5.74, 6) is 0.574. The maximum Gasteiger partial charge on any atom is 0.244 e. The first-order chi connectivity index (χ1) is 8.52. The van der Waals surface area contributed by atoms with Gasteiger partial charge in [-0.1, -0.05) is 18.2 Å². The summed E-state index contributed by atoms with van der Waals surface area (Å²) < 4.78 is 0. The Balaban J connectivity index is 2.49. The Morgan fingerprint density at radius 3 is 2.39 bits per heavy atom. The van der Waals surface area contributed by atoms with Crippen molar-refractivity contribution in [2.75, 3.05) is 13.1 Å². The van der Waals surface area contributed by atoms with E-state index < -0.39 is 6.04 Å². The van der Waals surface area contributed by atoms with Crippen LogP contribution in [0.3, 0.4) is 0 Å². The predicted molar refractivity (Wildman–Crippen MR) is 72.5 cm³/mol. The summed E-state index contributed by atoms with van der Waals surface area (Å²) in [7, 11) is 0. The molecule has 0 bridgehead atoms. The van der Waals surface area contributed by atoms with E-state index in [1.54, 1.807) is 0 Å². The van der Waals surface area contributed by atoms with Gasteiger partial charge in [-0.3, -0.25) is 9.79 Å². The third-order valence-electron chi connectivity index (χ3n) is 3.49. The molecule has 0 saturated heterocycles. The smallest absolute Gasteiger partial charge is 0.244 e. The predicted octanol–water partition coefficient (Wildman–Crippen LogP) is 1.56. The third-order valence-corrected chi connectivity index (χ3v) is 3.49. The van der Waals surface area contributed by atoms with Crippen molar-refractivity contribution in [1.29, 1.82) is 0 Å². The Morgan fingerprint density at radius 2 is 1.94 bits per heavy atom. The van der Waals surface area contributed by atoms with Crippen molar-refractivity contribution in [3.05, 3.63) is 34.9 Å². The zero-order valence-electron chi connectivity index (χ0n) is 11.1. The Kier molecular flexibility index (Phi) is 3.36. The van der Waals surface area contributed by atoms with Gasteiger partial charge in [-0.2, -0.15) is 0 Å². The van der Waals surface area contributed by atoms with Crippen LogP contribution in [0.25, 0.3) is 0 Å². The number of hydrogen-bond donors (Lipinski definition) is 1. The highest BCUT2D eigenvalue weighted by Gasteiger charge is 2.30. The molecule has 0 aliphatic carbocycles. The highest BCUT2D eigenvalue weighted by atomic mass is 16.1. The van der Waals surface area contributed by atoms with Gasteiger partial charge in [0.2, 0.25) is 5.91 Å². The van der Waals surface area contributed by atoms with Gasteiger partial charge in [0.1, 0.15) is 6.04 Å². The van der Waals surface area contributed by atoms with Gasteiger partial charge < -0.3 is 10.6 Å². The summed E-state index contributed by atoms with van der Waals surface area (Å²) in [5.41, 5.74) is 8.82. The molecule has 1 aromatic rings. The molecule has 0 spiro atoms. The van der Waals surface area contributed by atoms with E-state index in [-0.39, 0.29) is 5.91 Å². The van der Waals surface area contributed by atoms with Crippen LogP contribution in [-0.2, 0) is 4.79 Å². The van der Waals surface area contributed by atoms with Crippen molar-refractivity contribution in [1.82, 2.24) is 4.90 Å². The Labute approximate surface area is 108 Å². The van der Waals surface area contributed by atoms with E-state index in [1.807, 2.05) is 43.9 Å². The quantitative estimate of drug-likeness (QED) is 0.878. The van der Waals surface area contributed by atoms with Crippen LogP contribution in [0.15, 0.2) is 23.2 Å². The molecule has 0 aromatic heterocycles. The first-order valence-electron chi connectivity index (χ1n) is 6.15. The molecule has 4 heteroatoms. The molecule has 2 N–H and O–H groups in total. The van der Waals surface area contributed by atoms with Crippen molar-refractivity contribution in [2.45, 2.75) is 26.8 Å². The van der Waals surface area contributed by atoms with Crippen LogP contribution < -0.4 is 5.73 Å². The van der Waals surface area contributed by atoms with Crippen LogP contribution in [-0.4, -0.2) is 29.7 Å². The molecule has 18 heavy (non-hydrogen) atoms. The van der Waals surface area contributed by atoms with Gasteiger partial charge in [0.25, 0.3) is 0 Å². The van der Waals surface area contributed by atoms with E-state index >= 15 is 0 Å². The number of aryl methyl sites for hydroxylation is 2. The number of hydrogen-bond acceptors (Lipinski definition) is 3. The molecule has 0 saturated carbocycles. The van der Waals surface area contributed by atoms with Crippen LogP contribution in [0.4, 0.5) is 0 Å². The standard InChI is InChI=1S/C14H19N3O/c1-9-5-4-6-10(2)12(9)13(14(15)18)17-8-7-16-11(17)3/h4-6,13H,7-8H2,1-3H3,(H2,15,18). The van der Waals surface area contributed by atoms with Gasteiger partial charge in [0, 0.05) is 6.54 Å². The number of carbonyl (C=O) groups excluding carboxylic acids is 1. The largest absolute Gasteiger partial charge is 0.368 e. The molecule has 1 amide bonds. The minimum absolute atomic E-state index is 0.316. The highest BCUT2D eigenvalue weighted by molar-refractivity contribution is 5.90. The van der Waals surface area contributed by atoms with Gasteiger partial charge in [-0.05, 0) is 37.5 Å². The second-order valence-electron chi connectivity index (χ2n) is 4.73. The van der Waals surface area contributed by atoms with Crippen molar-refractivity contribution in [2.24, 2.45) is 10.7 Å². The number of carbonyl (C=O) groups is 1. The van der Waals surface area contributed by atoms with Crippen LogP contribution in [0.1, 0.15) is 29.7 Å². The molecule has 1 aromatic carbocycles. The Hall–Kier alpha value is -1.84. The fourth-order valence-electron chi connectivity index (χ4n) is 2.60. The second-order valence-corrected chi connectivity index (χ2v) is 4.73. The van der Waals surface area contributed by atoms with E-state index in [0.717, 1.165) is 35.6 Å². The second kappa shape index (κ2) is 4.80. The number of nitrogens with two attached hydrogens (primary N) is 1. The average Bonchev–Trinajstić information content (AvgIpc) is 2.69. The Bertz CT molecular complexity index is 488. The van der Waals surface area contributed by atoms with Gasteiger partial charge in [0.15, 0.2) is 0 Å². The van der Waals surface area contributed by atoms with Crippen LogP contribution >= 0.6 is 0 Å². The summed E-state index contributed by atoms with van der Waals surface area (Å²) in [5, 5.41) is 0. The molecule has 0 fully saturated rings. The summed E-state index contributed by atoms with van der Waals surface area (Å²) in [6.07, 6.45) is 0. The molecule has 96 valence electrons. The number of amides is 1. The van der Waals surface area contributed by atoms with E-state index in [9.17, 15) is 4.79 Å². The fourth-order valence-corrected chi connectivity index (χ4v) is 2.60. The Morgan fingerprint density at radius 1 is 1.33 bits per heavy atom. The number of amidine groups is 1. The normalized spacial score (nSPS) is 16.6. The summed E-state index contributed by atoms with van der Waals surface area (Å²) in [6.45, 7) is 7.45. The molecule has 1 atom stereocenters. The monoisotopic (exact) mass is 245 g/mol. The number of aliphatic imine (C=N–C) groups is 1. The SMILES string of the molecule is CC1=NCCN1C(C(N)=O)c1c(C)cccc1C. The lowest BCUT2D eigenvalue weighted by molar-refractivity contribution is -0.122. The van der Waals surface area contributed by atoms with Crippen molar-refractivity contribution in [3.8, 4) is 0 Å². The zero-order valence-corrected chi connectivity index (χ0v) is 11.1. The van der Waals surface area contributed by atoms with Gasteiger partial charge in [0.05, 0.1) is 12.4 Å². The van der Waals surface area contributed by atoms with Crippen LogP contribution in [0.5, 0.6) is 0 Å². The van der Waals surface area contributed by atoms with Crippen LogP contribution in [0, 0.1) is 13.8 Å². The lowest BCUT2D eigenvalue weighted by atomic mass is 9.94. The summed E-state index contributed by atoms with van der Waals surface area (Å²) in [6, 6.07) is 5.62. The van der Waals surface area contributed by atoms with Crippen molar-refractivity contribution < 1.29 is 4.79 Å². The fraction of sp³-hybridized carbons (Fsp3) is 0.429. The van der Waals surface area contributed by atoms with Crippen molar-refractivity contribution >= 4 is 11.7 Å².